The molecule has 2 rings (SSSR count). The minimum Gasteiger partial charge on any atom is -0.449 e. The molecule has 0 radical (unpaired) electrons. The van der Waals surface area contributed by atoms with E-state index in [9.17, 15) is 19.6 Å². The number of carbonyl (C=O) groups excluding carboxylic acids is 3. The van der Waals surface area contributed by atoms with Gasteiger partial charge >= 0.3 is 5.97 Å². The van der Waals surface area contributed by atoms with Crippen LogP contribution in [0, 0.1) is 17.2 Å². The van der Waals surface area contributed by atoms with Crippen molar-refractivity contribution in [3.63, 3.8) is 0 Å². The van der Waals surface area contributed by atoms with Gasteiger partial charge in [-0.15, -0.1) is 0 Å². The summed E-state index contributed by atoms with van der Waals surface area (Å²) in [5.74, 6) is -1.20. The summed E-state index contributed by atoms with van der Waals surface area (Å²) < 4.78 is 5.21. The third-order valence-corrected chi connectivity index (χ3v) is 4.91. The molecule has 1 aliphatic heterocycles. The van der Waals surface area contributed by atoms with Crippen LogP contribution in [0.4, 0.5) is 5.69 Å². The maximum atomic E-state index is 12.3. The Bertz CT molecular complexity index is 766. The fourth-order valence-corrected chi connectivity index (χ4v) is 2.64. The number of nitrogens with zero attached hydrogens (tertiary/aromatic N) is 2. The zero-order chi connectivity index (χ0) is 20.2. The highest BCUT2D eigenvalue weighted by atomic mass is 16.5. The number of benzene rings is 1. The smallest absolute Gasteiger partial charge is 0.338 e. The Kier molecular flexibility index (Phi) is 6.21. The summed E-state index contributed by atoms with van der Waals surface area (Å²) in [4.78, 5) is 38.0. The molecule has 27 heavy (non-hydrogen) atoms. The summed E-state index contributed by atoms with van der Waals surface area (Å²) in [6, 6.07) is 8.60. The summed E-state index contributed by atoms with van der Waals surface area (Å²) in [6.45, 7) is 7.41. The molecule has 1 aromatic carbocycles. The van der Waals surface area contributed by atoms with Crippen LogP contribution in [0.2, 0.25) is 0 Å². The zero-order valence-electron chi connectivity index (χ0n) is 16.1. The number of carbonyl (C=O) groups is 3. The Morgan fingerprint density at radius 3 is 2.37 bits per heavy atom. The highest BCUT2D eigenvalue weighted by molar-refractivity contribution is 5.96. The second-order valence-electron chi connectivity index (χ2n) is 7.20. The van der Waals surface area contributed by atoms with Crippen molar-refractivity contribution in [1.82, 2.24) is 5.32 Å². The van der Waals surface area contributed by atoms with Gasteiger partial charge in [0.2, 0.25) is 5.91 Å². The molecule has 0 spiro atoms. The molecule has 2 amide bonds. The van der Waals surface area contributed by atoms with Crippen LogP contribution >= 0.6 is 0 Å². The van der Waals surface area contributed by atoms with E-state index in [0.717, 1.165) is 12.1 Å². The third kappa shape index (κ3) is 4.64. The monoisotopic (exact) mass is 371 g/mol. The molecular formula is C20H25N3O4. The van der Waals surface area contributed by atoms with Gasteiger partial charge in [-0.05, 0) is 50.5 Å². The van der Waals surface area contributed by atoms with Crippen LogP contribution in [-0.4, -0.2) is 36.0 Å². The Morgan fingerprint density at radius 1 is 1.26 bits per heavy atom. The van der Waals surface area contributed by atoms with Crippen molar-refractivity contribution in [3.8, 4) is 6.07 Å². The van der Waals surface area contributed by atoms with Gasteiger partial charge in [-0.25, -0.2) is 4.79 Å². The number of esters is 1. The molecule has 1 aliphatic rings. The van der Waals surface area contributed by atoms with E-state index < -0.39 is 23.5 Å². The molecule has 0 bridgehead atoms. The fourth-order valence-electron chi connectivity index (χ4n) is 2.64. The average Bonchev–Trinajstić information content (AvgIpc) is 3.07. The predicted molar refractivity (Wildman–Crippen MR) is 99.9 cm³/mol. The van der Waals surface area contributed by atoms with Crippen LogP contribution in [0.25, 0.3) is 0 Å². The standard InChI is InChI=1S/C20H25N3O4/c1-13(2)20(4,12-21)22-18(25)14(3)27-19(26)15-7-9-16(10-8-15)23-11-5-6-17(23)24/h7-10,13-14H,5-6,11H2,1-4H3,(H,22,25)/t14-,20+/m0/s1. The number of anilines is 1. The zero-order valence-corrected chi connectivity index (χ0v) is 16.1. The van der Waals surface area contributed by atoms with Gasteiger partial charge in [0.1, 0.15) is 5.54 Å². The Balaban J connectivity index is 1.99. The average molecular weight is 371 g/mol. The van der Waals surface area contributed by atoms with Gasteiger partial charge in [0.05, 0.1) is 11.6 Å². The van der Waals surface area contributed by atoms with Gasteiger partial charge in [-0.2, -0.15) is 5.26 Å². The summed E-state index contributed by atoms with van der Waals surface area (Å²) in [5.41, 5.74) is -0.0136. The summed E-state index contributed by atoms with van der Waals surface area (Å²) in [5, 5.41) is 11.9. The Morgan fingerprint density at radius 2 is 1.89 bits per heavy atom. The predicted octanol–water partition coefficient (Wildman–Crippen LogP) is 2.41. The second-order valence-corrected chi connectivity index (χ2v) is 7.20. The molecule has 144 valence electrons. The van der Waals surface area contributed by atoms with Gasteiger partial charge in [0.25, 0.3) is 5.91 Å². The summed E-state index contributed by atoms with van der Waals surface area (Å²) >= 11 is 0. The molecule has 1 heterocycles. The van der Waals surface area contributed by atoms with Crippen molar-refractivity contribution in [3.05, 3.63) is 29.8 Å². The molecular weight excluding hydrogens is 346 g/mol. The maximum Gasteiger partial charge on any atom is 0.338 e. The molecule has 2 atom stereocenters. The van der Waals surface area contributed by atoms with Crippen molar-refractivity contribution >= 4 is 23.5 Å². The Labute approximate surface area is 159 Å². The van der Waals surface area contributed by atoms with Crippen molar-refractivity contribution < 1.29 is 19.1 Å². The van der Waals surface area contributed by atoms with Crippen LogP contribution in [-0.2, 0) is 14.3 Å². The van der Waals surface area contributed by atoms with E-state index in [-0.39, 0.29) is 17.4 Å². The largest absolute Gasteiger partial charge is 0.449 e. The highest BCUT2D eigenvalue weighted by Crippen LogP contribution is 2.22. The van der Waals surface area contributed by atoms with E-state index in [1.165, 1.54) is 6.92 Å². The number of hydrogen-bond donors (Lipinski definition) is 1. The molecule has 1 N–H and O–H groups in total. The van der Waals surface area contributed by atoms with Crippen LogP contribution in [0.15, 0.2) is 24.3 Å². The van der Waals surface area contributed by atoms with Gasteiger partial charge in [-0.1, -0.05) is 13.8 Å². The third-order valence-electron chi connectivity index (χ3n) is 4.91. The number of nitriles is 1. The van der Waals surface area contributed by atoms with E-state index in [1.807, 2.05) is 13.8 Å². The molecule has 0 aromatic heterocycles. The molecule has 1 fully saturated rings. The summed E-state index contributed by atoms with van der Waals surface area (Å²) in [6.07, 6.45) is 0.325. The molecule has 0 aliphatic carbocycles. The Hall–Kier alpha value is -2.88. The van der Waals surface area contributed by atoms with Crippen molar-refractivity contribution in [1.29, 1.82) is 5.26 Å². The maximum absolute atomic E-state index is 12.3. The van der Waals surface area contributed by atoms with E-state index in [2.05, 4.69) is 11.4 Å². The van der Waals surface area contributed by atoms with E-state index in [4.69, 9.17) is 4.74 Å². The molecule has 7 heteroatoms. The number of amides is 2. The molecule has 1 aromatic rings. The van der Waals surface area contributed by atoms with Gasteiger partial charge in [0, 0.05) is 18.7 Å². The number of hydrogen-bond acceptors (Lipinski definition) is 5. The number of ether oxygens (including phenoxy) is 1. The van der Waals surface area contributed by atoms with E-state index >= 15 is 0 Å². The fraction of sp³-hybridized carbons (Fsp3) is 0.500. The van der Waals surface area contributed by atoms with Crippen LogP contribution < -0.4 is 10.2 Å². The van der Waals surface area contributed by atoms with Crippen molar-refractivity contribution in [2.24, 2.45) is 5.92 Å². The molecule has 1 saturated heterocycles. The van der Waals surface area contributed by atoms with Crippen LogP contribution in [0.3, 0.4) is 0 Å². The normalized spacial score (nSPS) is 17.2. The van der Waals surface area contributed by atoms with Crippen LogP contribution in [0.1, 0.15) is 50.9 Å². The van der Waals surface area contributed by atoms with E-state index in [0.29, 0.717) is 13.0 Å². The molecule has 0 saturated carbocycles. The first-order valence-corrected chi connectivity index (χ1v) is 9.02. The number of nitrogens with one attached hydrogen (secondary N) is 1. The lowest BCUT2D eigenvalue weighted by Crippen LogP contribution is -2.52. The first-order valence-electron chi connectivity index (χ1n) is 9.02. The lowest BCUT2D eigenvalue weighted by Gasteiger charge is -2.28. The SMILES string of the molecule is CC(C)[C@@](C)(C#N)NC(=O)[C@H](C)OC(=O)c1ccc(N2CCCC2=O)cc1. The van der Waals surface area contributed by atoms with Crippen molar-refractivity contribution in [2.75, 3.05) is 11.4 Å². The van der Waals surface area contributed by atoms with Crippen molar-refractivity contribution in [2.45, 2.75) is 52.2 Å². The first-order chi connectivity index (χ1) is 12.7. The summed E-state index contributed by atoms with van der Waals surface area (Å²) in [7, 11) is 0. The topological polar surface area (TPSA) is 99.5 Å². The number of rotatable bonds is 6. The quantitative estimate of drug-likeness (QED) is 0.774. The van der Waals surface area contributed by atoms with E-state index in [1.54, 1.807) is 36.1 Å². The molecule has 7 nitrogen and oxygen atoms in total. The second kappa shape index (κ2) is 8.21. The van der Waals surface area contributed by atoms with Gasteiger partial charge in [-0.3, -0.25) is 9.59 Å². The minimum atomic E-state index is -1.04. The first kappa shape index (κ1) is 20.4. The minimum absolute atomic E-state index is 0.0707. The van der Waals surface area contributed by atoms with Gasteiger partial charge in [0.15, 0.2) is 6.10 Å². The highest BCUT2D eigenvalue weighted by Gasteiger charge is 2.32. The lowest BCUT2D eigenvalue weighted by molar-refractivity contribution is -0.130. The lowest BCUT2D eigenvalue weighted by atomic mass is 9.90. The van der Waals surface area contributed by atoms with Crippen LogP contribution in [0.5, 0.6) is 0 Å². The van der Waals surface area contributed by atoms with Gasteiger partial charge < -0.3 is 15.0 Å². The molecule has 0 unspecified atom stereocenters.